The number of anilines is 1. The molecule has 1 aromatic rings. The molecular weight excluding hydrogens is 160 g/mol. The van der Waals surface area contributed by atoms with Crippen LogP contribution < -0.4 is 21.9 Å². The molecule has 12 heavy (non-hydrogen) atoms. The molecule has 1 rings (SSSR count). The van der Waals surface area contributed by atoms with E-state index in [4.69, 9.17) is 5.84 Å². The van der Waals surface area contributed by atoms with Gasteiger partial charge in [-0.2, -0.15) is 0 Å². The van der Waals surface area contributed by atoms with Crippen molar-refractivity contribution in [1.82, 2.24) is 20.5 Å². The summed E-state index contributed by atoms with van der Waals surface area (Å²) in [6.45, 7) is 1.31. The molecule has 0 saturated heterocycles. The molecule has 0 aliphatic carbocycles. The van der Waals surface area contributed by atoms with Gasteiger partial charge in [-0.15, -0.1) is 5.10 Å². The Hall–Kier alpha value is -1.34. The number of H-pyrrole nitrogens is 2. The minimum Gasteiger partial charge on any atom is -0.318 e. The standard InChI is InChI=1S/C5H12N6O/c1-7-2-3-11(6)4-8-5(12)10-9-4/h7H,2-3,6H2,1H3,(H2,8,9,10,12). The lowest BCUT2D eigenvalue weighted by molar-refractivity contribution is 0.727. The van der Waals surface area contributed by atoms with E-state index in [-0.39, 0.29) is 5.69 Å². The third-order valence-electron chi connectivity index (χ3n) is 1.36. The maximum absolute atomic E-state index is 10.6. The largest absolute Gasteiger partial charge is 0.342 e. The Bertz CT molecular complexity index is 277. The minimum atomic E-state index is -0.357. The Morgan fingerprint density at radius 3 is 3.00 bits per heavy atom. The number of nitrogens with zero attached hydrogens (tertiary/aromatic N) is 2. The van der Waals surface area contributed by atoms with Crippen molar-refractivity contribution in [3.63, 3.8) is 0 Å². The van der Waals surface area contributed by atoms with E-state index >= 15 is 0 Å². The molecule has 0 amide bonds. The van der Waals surface area contributed by atoms with E-state index in [1.165, 1.54) is 5.01 Å². The van der Waals surface area contributed by atoms with Crippen molar-refractivity contribution in [3.8, 4) is 0 Å². The van der Waals surface area contributed by atoms with Gasteiger partial charge in [0.15, 0.2) is 0 Å². The number of nitrogens with one attached hydrogen (secondary N) is 3. The first kappa shape index (κ1) is 8.75. The van der Waals surface area contributed by atoms with E-state index in [2.05, 4.69) is 20.5 Å². The molecule has 0 spiro atoms. The quantitative estimate of drug-likeness (QED) is 0.310. The molecule has 7 heteroatoms. The fourth-order valence-corrected chi connectivity index (χ4v) is 0.735. The Morgan fingerprint density at radius 2 is 2.50 bits per heavy atom. The lowest BCUT2D eigenvalue weighted by Gasteiger charge is -2.13. The van der Waals surface area contributed by atoms with Gasteiger partial charge >= 0.3 is 5.69 Å². The van der Waals surface area contributed by atoms with Crippen LogP contribution in [0.3, 0.4) is 0 Å². The van der Waals surface area contributed by atoms with Gasteiger partial charge < -0.3 is 5.32 Å². The summed E-state index contributed by atoms with van der Waals surface area (Å²) in [5, 5.41) is 10.2. The van der Waals surface area contributed by atoms with Crippen molar-refractivity contribution >= 4 is 5.95 Å². The maximum atomic E-state index is 10.6. The number of aromatic nitrogens is 3. The fourth-order valence-electron chi connectivity index (χ4n) is 0.735. The third kappa shape index (κ3) is 2.07. The highest BCUT2D eigenvalue weighted by molar-refractivity contribution is 5.23. The molecule has 7 nitrogen and oxygen atoms in total. The second kappa shape index (κ2) is 3.88. The van der Waals surface area contributed by atoms with E-state index in [9.17, 15) is 4.79 Å². The summed E-state index contributed by atoms with van der Waals surface area (Å²) in [6.07, 6.45) is 0. The van der Waals surface area contributed by atoms with E-state index in [1.54, 1.807) is 0 Å². The molecule has 0 saturated carbocycles. The molecule has 1 aromatic heterocycles. The molecule has 5 N–H and O–H groups in total. The predicted molar refractivity (Wildman–Crippen MR) is 44.7 cm³/mol. The van der Waals surface area contributed by atoms with E-state index in [0.717, 1.165) is 6.54 Å². The van der Waals surface area contributed by atoms with Gasteiger partial charge in [0.05, 0.1) is 0 Å². The zero-order valence-electron chi connectivity index (χ0n) is 6.79. The van der Waals surface area contributed by atoms with Gasteiger partial charge in [-0.05, 0) is 7.05 Å². The van der Waals surface area contributed by atoms with Gasteiger partial charge in [0.25, 0.3) is 0 Å². The van der Waals surface area contributed by atoms with Crippen LogP contribution in [0, 0.1) is 0 Å². The second-order valence-electron chi connectivity index (χ2n) is 2.30. The summed E-state index contributed by atoms with van der Waals surface area (Å²) in [5.74, 6) is 5.88. The van der Waals surface area contributed by atoms with Crippen LogP contribution in [0.25, 0.3) is 0 Å². The fraction of sp³-hybridized carbons (Fsp3) is 0.600. The number of hydrazine groups is 1. The normalized spacial score (nSPS) is 10.2. The lowest BCUT2D eigenvalue weighted by atomic mass is 10.6. The van der Waals surface area contributed by atoms with Crippen molar-refractivity contribution in [3.05, 3.63) is 10.5 Å². The molecule has 0 bridgehead atoms. The first-order valence-corrected chi connectivity index (χ1v) is 3.55. The highest BCUT2D eigenvalue weighted by Gasteiger charge is 2.03. The number of rotatable bonds is 4. The third-order valence-corrected chi connectivity index (χ3v) is 1.36. The highest BCUT2D eigenvalue weighted by atomic mass is 16.1. The van der Waals surface area contributed by atoms with Crippen molar-refractivity contribution in [2.24, 2.45) is 5.84 Å². The monoisotopic (exact) mass is 172 g/mol. The molecule has 0 aliphatic heterocycles. The zero-order valence-corrected chi connectivity index (χ0v) is 6.79. The van der Waals surface area contributed by atoms with E-state index in [1.807, 2.05) is 7.05 Å². The molecule has 0 atom stereocenters. The van der Waals surface area contributed by atoms with Gasteiger partial charge in [0, 0.05) is 13.1 Å². The van der Waals surface area contributed by atoms with Gasteiger partial charge in [0.1, 0.15) is 0 Å². The average Bonchev–Trinajstić information content (AvgIpc) is 2.47. The SMILES string of the molecule is CNCCN(N)c1n[nH]c(=O)[nH]1. The number of hydrogen-bond acceptors (Lipinski definition) is 5. The molecule has 68 valence electrons. The van der Waals surface area contributed by atoms with E-state index in [0.29, 0.717) is 12.5 Å². The molecule has 0 fully saturated rings. The summed E-state index contributed by atoms with van der Waals surface area (Å²) in [4.78, 5) is 13.0. The molecule has 0 aliphatic rings. The van der Waals surface area contributed by atoms with Crippen LogP contribution in [-0.4, -0.2) is 35.3 Å². The highest BCUT2D eigenvalue weighted by Crippen LogP contribution is 1.93. The van der Waals surface area contributed by atoms with Crippen molar-refractivity contribution in [2.75, 3.05) is 25.1 Å². The summed E-state index contributed by atoms with van der Waals surface area (Å²) < 4.78 is 0. The van der Waals surface area contributed by atoms with Crippen LogP contribution in [-0.2, 0) is 0 Å². The number of likely N-dealkylation sites (N-methyl/N-ethyl adjacent to an activating group) is 1. The van der Waals surface area contributed by atoms with Crippen LogP contribution in [0.4, 0.5) is 5.95 Å². The van der Waals surface area contributed by atoms with Crippen LogP contribution in [0.1, 0.15) is 0 Å². The van der Waals surface area contributed by atoms with Crippen molar-refractivity contribution in [1.29, 1.82) is 0 Å². The summed E-state index contributed by atoms with van der Waals surface area (Å²) in [7, 11) is 1.82. The average molecular weight is 172 g/mol. The van der Waals surface area contributed by atoms with Crippen LogP contribution in [0.15, 0.2) is 4.79 Å². The number of aromatic amines is 2. The van der Waals surface area contributed by atoms with Gasteiger partial charge in [-0.3, -0.25) is 9.99 Å². The van der Waals surface area contributed by atoms with Gasteiger partial charge in [0.2, 0.25) is 5.95 Å². The Kier molecular flexibility index (Phi) is 2.83. The Labute approximate surface area is 68.9 Å². The van der Waals surface area contributed by atoms with Gasteiger partial charge in [-0.25, -0.2) is 15.7 Å². The smallest absolute Gasteiger partial charge is 0.318 e. The summed E-state index contributed by atoms with van der Waals surface area (Å²) in [5.41, 5.74) is -0.357. The van der Waals surface area contributed by atoms with E-state index < -0.39 is 0 Å². The zero-order chi connectivity index (χ0) is 8.97. The maximum Gasteiger partial charge on any atom is 0.342 e. The van der Waals surface area contributed by atoms with Gasteiger partial charge in [-0.1, -0.05) is 0 Å². The van der Waals surface area contributed by atoms with Crippen molar-refractivity contribution in [2.45, 2.75) is 0 Å². The first-order valence-electron chi connectivity index (χ1n) is 3.55. The minimum absolute atomic E-state index is 0.343. The second-order valence-corrected chi connectivity index (χ2v) is 2.30. The molecule has 0 radical (unpaired) electrons. The number of nitrogens with two attached hydrogens (primary N) is 1. The Morgan fingerprint density at radius 1 is 1.75 bits per heavy atom. The molecule has 0 unspecified atom stereocenters. The predicted octanol–water partition coefficient (Wildman–Crippen LogP) is -2.00. The van der Waals surface area contributed by atoms with Crippen molar-refractivity contribution < 1.29 is 0 Å². The summed E-state index contributed by atoms with van der Waals surface area (Å²) >= 11 is 0. The van der Waals surface area contributed by atoms with Crippen LogP contribution >= 0.6 is 0 Å². The van der Waals surface area contributed by atoms with Crippen LogP contribution in [0.5, 0.6) is 0 Å². The topological polar surface area (TPSA) is 103 Å². The molecular formula is C5H12N6O. The molecule has 0 aromatic carbocycles. The first-order chi connectivity index (χ1) is 5.74. The number of hydrogen-bond donors (Lipinski definition) is 4. The lowest BCUT2D eigenvalue weighted by Crippen LogP contribution is -2.37. The Balaban J connectivity index is 2.53. The summed E-state index contributed by atoms with van der Waals surface area (Å²) in [6, 6.07) is 0. The molecule has 1 heterocycles. The van der Waals surface area contributed by atoms with Crippen LogP contribution in [0.2, 0.25) is 0 Å².